The molecule has 0 saturated carbocycles. The minimum atomic E-state index is 0.0566. The predicted octanol–water partition coefficient (Wildman–Crippen LogP) is 1.91. The first-order valence-electron chi connectivity index (χ1n) is 9.98. The topological polar surface area (TPSA) is 67.4 Å². The average Bonchev–Trinajstić information content (AvgIpc) is 2.73. The van der Waals surface area contributed by atoms with Crippen LogP contribution >= 0.6 is 0 Å². The van der Waals surface area contributed by atoms with Crippen LogP contribution in [0.15, 0.2) is 23.2 Å². The molecule has 28 heavy (non-hydrogen) atoms. The molecule has 1 aromatic rings. The molecule has 0 aliphatic carbocycles. The van der Waals surface area contributed by atoms with Crippen LogP contribution in [0.1, 0.15) is 25.8 Å². The van der Waals surface area contributed by atoms with Crippen molar-refractivity contribution in [2.45, 2.75) is 32.2 Å². The van der Waals surface area contributed by atoms with Crippen molar-refractivity contribution in [2.24, 2.45) is 4.99 Å². The summed E-state index contributed by atoms with van der Waals surface area (Å²) in [6, 6.07) is 6.08. The zero-order valence-electron chi connectivity index (χ0n) is 18.0. The summed E-state index contributed by atoms with van der Waals surface area (Å²) in [6.45, 7) is 9.79. The van der Waals surface area contributed by atoms with Crippen LogP contribution < -0.4 is 20.1 Å². The smallest absolute Gasteiger partial charge is 0.191 e. The molecule has 1 aliphatic rings. The van der Waals surface area contributed by atoms with Gasteiger partial charge in [0, 0.05) is 38.8 Å². The largest absolute Gasteiger partial charge is 0.493 e. The second-order valence-electron chi connectivity index (χ2n) is 7.56. The maximum atomic E-state index is 5.46. The second-order valence-corrected chi connectivity index (χ2v) is 7.56. The zero-order chi connectivity index (χ0) is 20.4. The molecule has 0 aromatic heterocycles. The summed E-state index contributed by atoms with van der Waals surface area (Å²) in [7, 11) is 5.13. The molecule has 0 atom stereocenters. The number of rotatable bonds is 9. The number of aryl methyl sites for hydroxylation is 1. The zero-order valence-corrected chi connectivity index (χ0v) is 18.0. The number of guanidine groups is 1. The van der Waals surface area contributed by atoms with E-state index in [0.29, 0.717) is 0 Å². The average molecular weight is 393 g/mol. The van der Waals surface area contributed by atoms with Crippen molar-refractivity contribution in [3.63, 3.8) is 0 Å². The lowest BCUT2D eigenvalue weighted by Gasteiger charge is -2.41. The van der Waals surface area contributed by atoms with Gasteiger partial charge in [-0.1, -0.05) is 6.07 Å². The number of morpholine rings is 1. The van der Waals surface area contributed by atoms with Gasteiger partial charge in [-0.15, -0.1) is 0 Å². The van der Waals surface area contributed by atoms with Crippen LogP contribution in [0.5, 0.6) is 11.5 Å². The molecule has 2 rings (SSSR count). The molecule has 158 valence electrons. The summed E-state index contributed by atoms with van der Waals surface area (Å²) in [5.74, 6) is 2.38. The molecule has 0 unspecified atom stereocenters. The van der Waals surface area contributed by atoms with E-state index in [1.807, 2.05) is 19.2 Å². The molecule has 7 nitrogen and oxygen atoms in total. The Balaban J connectivity index is 1.73. The molecule has 7 heteroatoms. The fourth-order valence-electron chi connectivity index (χ4n) is 3.34. The minimum Gasteiger partial charge on any atom is -0.493 e. The van der Waals surface area contributed by atoms with Crippen molar-refractivity contribution >= 4 is 5.96 Å². The van der Waals surface area contributed by atoms with Gasteiger partial charge in [0.2, 0.25) is 0 Å². The lowest BCUT2D eigenvalue weighted by atomic mass is 10.0. The fourth-order valence-corrected chi connectivity index (χ4v) is 3.34. The van der Waals surface area contributed by atoms with Crippen LogP contribution in [0.2, 0.25) is 0 Å². The van der Waals surface area contributed by atoms with Crippen LogP contribution in [0, 0.1) is 0 Å². The third-order valence-corrected chi connectivity index (χ3v) is 5.16. The Kier molecular flexibility index (Phi) is 8.86. The highest BCUT2D eigenvalue weighted by molar-refractivity contribution is 5.79. The van der Waals surface area contributed by atoms with Gasteiger partial charge in [0.25, 0.3) is 0 Å². The van der Waals surface area contributed by atoms with Gasteiger partial charge < -0.3 is 24.8 Å². The standard InChI is InChI=1S/C21H36N4O3/c1-21(2,25-11-13-28-14-12-25)16-24-20(22-3)23-10-6-7-17-8-9-18(26-4)19(15-17)27-5/h8-9,15H,6-7,10-14,16H2,1-5H3,(H2,22,23,24). The number of hydrogen-bond acceptors (Lipinski definition) is 5. The quantitative estimate of drug-likeness (QED) is 0.380. The maximum absolute atomic E-state index is 5.46. The fraction of sp³-hybridized carbons (Fsp3) is 0.667. The van der Waals surface area contributed by atoms with Crippen molar-refractivity contribution < 1.29 is 14.2 Å². The van der Waals surface area contributed by atoms with E-state index in [2.05, 4.69) is 40.4 Å². The molecule has 0 radical (unpaired) electrons. The highest BCUT2D eigenvalue weighted by atomic mass is 16.5. The first kappa shape index (κ1) is 22.3. The maximum Gasteiger partial charge on any atom is 0.191 e. The second kappa shape index (κ2) is 11.1. The molecule has 1 heterocycles. The molecule has 0 bridgehead atoms. The number of ether oxygens (including phenoxy) is 3. The summed E-state index contributed by atoms with van der Waals surface area (Å²) in [4.78, 5) is 6.81. The van der Waals surface area contributed by atoms with E-state index < -0.39 is 0 Å². The Labute approximate surface area is 169 Å². The molecule has 1 fully saturated rings. The van der Waals surface area contributed by atoms with Crippen molar-refractivity contribution in [1.29, 1.82) is 0 Å². The Hall–Kier alpha value is -1.99. The lowest BCUT2D eigenvalue weighted by molar-refractivity contribution is -0.00833. The Morgan fingerprint density at radius 3 is 2.50 bits per heavy atom. The van der Waals surface area contributed by atoms with E-state index in [-0.39, 0.29) is 5.54 Å². The van der Waals surface area contributed by atoms with Crippen LogP contribution in [0.4, 0.5) is 0 Å². The SMILES string of the molecule is CN=C(NCCCc1ccc(OC)c(OC)c1)NCC(C)(C)N1CCOCC1. The number of nitrogens with zero attached hydrogens (tertiary/aromatic N) is 2. The molecule has 1 aromatic carbocycles. The van der Waals surface area contributed by atoms with Gasteiger partial charge in [-0.25, -0.2) is 0 Å². The summed E-state index contributed by atoms with van der Waals surface area (Å²) in [6.07, 6.45) is 1.96. The van der Waals surface area contributed by atoms with E-state index in [0.717, 1.165) is 69.7 Å². The summed E-state index contributed by atoms with van der Waals surface area (Å²) >= 11 is 0. The van der Waals surface area contributed by atoms with Gasteiger partial charge in [0.15, 0.2) is 17.5 Å². The Morgan fingerprint density at radius 2 is 1.86 bits per heavy atom. The van der Waals surface area contributed by atoms with Gasteiger partial charge in [-0.2, -0.15) is 0 Å². The molecular weight excluding hydrogens is 356 g/mol. The van der Waals surface area contributed by atoms with E-state index in [9.17, 15) is 0 Å². The predicted molar refractivity (Wildman–Crippen MR) is 114 cm³/mol. The molecule has 1 saturated heterocycles. The molecule has 0 amide bonds. The number of methoxy groups -OCH3 is 2. The van der Waals surface area contributed by atoms with Crippen LogP contribution in [-0.4, -0.2) is 77.1 Å². The highest BCUT2D eigenvalue weighted by Gasteiger charge is 2.28. The third-order valence-electron chi connectivity index (χ3n) is 5.16. The summed E-state index contributed by atoms with van der Waals surface area (Å²) < 4.78 is 16.1. The van der Waals surface area contributed by atoms with Crippen LogP contribution in [0.3, 0.4) is 0 Å². The van der Waals surface area contributed by atoms with Crippen molar-refractivity contribution in [1.82, 2.24) is 15.5 Å². The van der Waals surface area contributed by atoms with Crippen molar-refractivity contribution in [2.75, 3.05) is 60.7 Å². The molecular formula is C21H36N4O3. The molecule has 2 N–H and O–H groups in total. The van der Waals surface area contributed by atoms with E-state index in [4.69, 9.17) is 14.2 Å². The van der Waals surface area contributed by atoms with Gasteiger partial charge in [0.1, 0.15) is 0 Å². The van der Waals surface area contributed by atoms with Crippen molar-refractivity contribution in [3.05, 3.63) is 23.8 Å². The monoisotopic (exact) mass is 392 g/mol. The number of nitrogens with one attached hydrogen (secondary N) is 2. The van der Waals surface area contributed by atoms with Gasteiger partial charge in [0.05, 0.1) is 27.4 Å². The third kappa shape index (κ3) is 6.56. The highest BCUT2D eigenvalue weighted by Crippen LogP contribution is 2.27. The van der Waals surface area contributed by atoms with Crippen LogP contribution in [-0.2, 0) is 11.2 Å². The summed E-state index contributed by atoms with van der Waals surface area (Å²) in [5, 5.41) is 6.86. The van der Waals surface area contributed by atoms with Gasteiger partial charge in [-0.3, -0.25) is 9.89 Å². The first-order valence-corrected chi connectivity index (χ1v) is 9.98. The Bertz CT molecular complexity index is 628. The van der Waals surface area contributed by atoms with Crippen molar-refractivity contribution in [3.8, 4) is 11.5 Å². The lowest BCUT2D eigenvalue weighted by Crippen LogP contribution is -2.56. The van der Waals surface area contributed by atoms with E-state index in [1.165, 1.54) is 5.56 Å². The van der Waals surface area contributed by atoms with Crippen LogP contribution in [0.25, 0.3) is 0 Å². The Morgan fingerprint density at radius 1 is 1.14 bits per heavy atom. The number of benzene rings is 1. The van der Waals surface area contributed by atoms with Gasteiger partial charge >= 0.3 is 0 Å². The first-order chi connectivity index (χ1) is 13.5. The van der Waals surface area contributed by atoms with E-state index >= 15 is 0 Å². The number of aliphatic imine (C=N–C) groups is 1. The minimum absolute atomic E-state index is 0.0566. The molecule has 0 spiro atoms. The number of hydrogen-bond donors (Lipinski definition) is 2. The normalized spacial score (nSPS) is 16.0. The summed E-state index contributed by atoms with van der Waals surface area (Å²) in [5.41, 5.74) is 1.29. The molecule has 1 aliphatic heterocycles. The van der Waals surface area contributed by atoms with E-state index in [1.54, 1.807) is 14.2 Å². The van der Waals surface area contributed by atoms with Gasteiger partial charge in [-0.05, 0) is 44.4 Å².